The number of halogens is 2. The molecule has 0 saturated heterocycles. The number of rotatable bonds is 7. The van der Waals surface area contributed by atoms with Crippen LogP contribution in [0.4, 0.5) is 11.6 Å². The molecule has 2 heterocycles. The summed E-state index contributed by atoms with van der Waals surface area (Å²) in [5.74, 6) is 1.78. The molecule has 0 spiro atoms. The highest BCUT2D eigenvalue weighted by Crippen LogP contribution is 2.26. The van der Waals surface area contributed by atoms with E-state index in [0.717, 1.165) is 5.56 Å². The third-order valence-electron chi connectivity index (χ3n) is 3.85. The van der Waals surface area contributed by atoms with Gasteiger partial charge < -0.3 is 10.2 Å². The third-order valence-corrected chi connectivity index (χ3v) is 4.48. The summed E-state index contributed by atoms with van der Waals surface area (Å²) in [6.45, 7) is 0.635. The van der Waals surface area contributed by atoms with E-state index in [1.54, 1.807) is 48.8 Å². The van der Waals surface area contributed by atoms with Crippen molar-refractivity contribution in [2.45, 2.75) is 13.0 Å². The fourth-order valence-electron chi connectivity index (χ4n) is 2.65. The topological polar surface area (TPSA) is 71.0 Å². The Kier molecular flexibility index (Phi) is 6.57. The first kappa shape index (κ1) is 20.2. The van der Waals surface area contributed by atoms with Gasteiger partial charge in [-0.05, 0) is 50.0 Å². The van der Waals surface area contributed by atoms with Crippen molar-refractivity contribution in [3.05, 3.63) is 75.8 Å². The van der Waals surface area contributed by atoms with Gasteiger partial charge in [0, 0.05) is 18.8 Å². The maximum absolute atomic E-state index is 12.6. The first-order valence-corrected chi connectivity index (χ1v) is 9.34. The van der Waals surface area contributed by atoms with E-state index >= 15 is 0 Å². The van der Waals surface area contributed by atoms with Gasteiger partial charge in [-0.1, -0.05) is 29.3 Å². The Labute approximate surface area is 173 Å². The molecule has 0 fully saturated rings. The Balaban J connectivity index is 1.75. The number of carbonyl (C=O) groups is 1. The number of hydrogen-bond donors (Lipinski definition) is 1. The molecule has 0 saturated carbocycles. The highest BCUT2D eigenvalue weighted by atomic mass is 35.5. The fraction of sp³-hybridized carbons (Fsp3) is 0.200. The van der Waals surface area contributed by atoms with Crippen molar-refractivity contribution >= 4 is 40.6 Å². The average molecular weight is 416 g/mol. The van der Waals surface area contributed by atoms with Gasteiger partial charge in [0.2, 0.25) is 0 Å². The normalized spacial score (nSPS) is 10.9. The molecule has 1 aromatic carbocycles. The van der Waals surface area contributed by atoms with Crippen molar-refractivity contribution in [2.75, 3.05) is 19.4 Å². The van der Waals surface area contributed by atoms with Crippen LogP contribution in [0.3, 0.4) is 0 Å². The van der Waals surface area contributed by atoms with Gasteiger partial charge in [-0.2, -0.15) is 0 Å². The van der Waals surface area contributed by atoms with Crippen molar-refractivity contribution < 1.29 is 4.79 Å². The molecule has 1 N–H and O–H groups in total. The summed E-state index contributed by atoms with van der Waals surface area (Å²) in [5.41, 5.74) is 1.13. The lowest BCUT2D eigenvalue weighted by atomic mass is 10.0. The Morgan fingerprint density at radius 2 is 1.75 bits per heavy atom. The summed E-state index contributed by atoms with van der Waals surface area (Å²) in [5, 5.41) is 3.84. The van der Waals surface area contributed by atoms with Crippen LogP contribution < -0.4 is 5.32 Å². The predicted octanol–water partition coefficient (Wildman–Crippen LogP) is 4.41. The summed E-state index contributed by atoms with van der Waals surface area (Å²) < 4.78 is 0. The number of benzene rings is 1. The average Bonchev–Trinajstić information content (AvgIpc) is 2.61. The maximum Gasteiger partial charge on any atom is 0.170 e. The van der Waals surface area contributed by atoms with E-state index in [0.29, 0.717) is 39.6 Å². The highest BCUT2D eigenvalue weighted by Gasteiger charge is 2.15. The van der Waals surface area contributed by atoms with E-state index in [2.05, 4.69) is 20.3 Å². The van der Waals surface area contributed by atoms with Gasteiger partial charge in [0.15, 0.2) is 5.78 Å². The molecule has 0 bridgehead atoms. The minimum Gasteiger partial charge on any atom is -0.325 e. The van der Waals surface area contributed by atoms with Crippen LogP contribution in [0.1, 0.15) is 21.7 Å². The molecule has 144 valence electrons. The smallest absolute Gasteiger partial charge is 0.170 e. The van der Waals surface area contributed by atoms with E-state index in [4.69, 9.17) is 23.2 Å². The molecule has 0 radical (unpaired) electrons. The summed E-state index contributed by atoms with van der Waals surface area (Å²) in [7, 11) is 3.91. The van der Waals surface area contributed by atoms with Gasteiger partial charge in [-0.3, -0.25) is 4.79 Å². The van der Waals surface area contributed by atoms with Crippen molar-refractivity contribution in [1.82, 2.24) is 19.9 Å². The lowest BCUT2D eigenvalue weighted by Gasteiger charge is -2.10. The second-order valence-electron chi connectivity index (χ2n) is 6.47. The lowest BCUT2D eigenvalue weighted by Crippen LogP contribution is -2.13. The summed E-state index contributed by atoms with van der Waals surface area (Å²) in [6, 6.07) is 10.4. The molecule has 0 aliphatic rings. The number of ketones is 1. The maximum atomic E-state index is 12.6. The Morgan fingerprint density at radius 1 is 1.04 bits per heavy atom. The fourth-order valence-corrected chi connectivity index (χ4v) is 3.26. The number of nitrogens with zero attached hydrogens (tertiary/aromatic N) is 4. The van der Waals surface area contributed by atoms with Crippen molar-refractivity contribution in [2.24, 2.45) is 0 Å². The van der Waals surface area contributed by atoms with Crippen LogP contribution in [0.15, 0.2) is 48.8 Å². The van der Waals surface area contributed by atoms with E-state index in [1.165, 1.54) is 0 Å². The SMILES string of the molecule is CN(C)Cc1nccc(Nc2cc(CC(=O)c3c(Cl)cccc3Cl)ccn2)n1. The van der Waals surface area contributed by atoms with Crippen LogP contribution in [-0.2, 0) is 13.0 Å². The molecule has 28 heavy (non-hydrogen) atoms. The number of hydrogen-bond acceptors (Lipinski definition) is 6. The predicted molar refractivity (Wildman–Crippen MR) is 111 cm³/mol. The second-order valence-corrected chi connectivity index (χ2v) is 7.28. The Morgan fingerprint density at radius 3 is 2.46 bits per heavy atom. The lowest BCUT2D eigenvalue weighted by molar-refractivity contribution is 0.0993. The number of aromatic nitrogens is 3. The number of carbonyl (C=O) groups excluding carboxylic acids is 1. The van der Waals surface area contributed by atoms with Gasteiger partial charge in [-0.25, -0.2) is 15.0 Å². The van der Waals surface area contributed by atoms with Crippen LogP contribution >= 0.6 is 23.2 Å². The minimum atomic E-state index is -0.150. The Hall–Kier alpha value is -2.54. The third kappa shape index (κ3) is 5.25. The largest absolute Gasteiger partial charge is 0.325 e. The molecular weight excluding hydrogens is 397 g/mol. The molecule has 0 aliphatic heterocycles. The monoisotopic (exact) mass is 415 g/mol. The van der Waals surface area contributed by atoms with Gasteiger partial charge in [0.1, 0.15) is 17.5 Å². The van der Waals surface area contributed by atoms with Crippen LogP contribution in [-0.4, -0.2) is 39.7 Å². The zero-order valence-electron chi connectivity index (χ0n) is 15.5. The molecule has 0 unspecified atom stereocenters. The molecule has 0 atom stereocenters. The van der Waals surface area contributed by atoms with Crippen molar-refractivity contribution in [1.29, 1.82) is 0 Å². The van der Waals surface area contributed by atoms with Crippen LogP contribution in [0.5, 0.6) is 0 Å². The molecule has 8 heteroatoms. The van der Waals surface area contributed by atoms with Gasteiger partial charge in [-0.15, -0.1) is 0 Å². The number of Topliss-reactive ketones (excluding diaryl/α,β-unsaturated/α-hetero) is 1. The molecule has 3 rings (SSSR count). The van der Waals surface area contributed by atoms with Gasteiger partial charge in [0.25, 0.3) is 0 Å². The number of pyridine rings is 1. The molecule has 3 aromatic rings. The Bertz CT molecular complexity index is 974. The van der Waals surface area contributed by atoms with E-state index in [9.17, 15) is 4.79 Å². The standard InChI is InChI=1S/C20H19Cl2N5O/c1-27(2)12-19-24-9-7-17(26-19)25-18-11-13(6-8-23-18)10-16(28)20-14(21)4-3-5-15(20)22/h3-9,11H,10,12H2,1-2H3,(H,23,24,25,26). The molecule has 2 aromatic heterocycles. The van der Waals surface area contributed by atoms with Gasteiger partial charge in [0.05, 0.1) is 22.2 Å². The van der Waals surface area contributed by atoms with Crippen LogP contribution in [0.25, 0.3) is 0 Å². The van der Waals surface area contributed by atoms with Gasteiger partial charge >= 0.3 is 0 Å². The van der Waals surface area contributed by atoms with Crippen LogP contribution in [0, 0.1) is 0 Å². The molecular formula is C20H19Cl2N5O. The summed E-state index contributed by atoms with van der Waals surface area (Å²) in [6.07, 6.45) is 3.50. The molecule has 0 aliphatic carbocycles. The first-order valence-electron chi connectivity index (χ1n) is 8.58. The first-order chi connectivity index (χ1) is 13.4. The summed E-state index contributed by atoms with van der Waals surface area (Å²) in [4.78, 5) is 27.6. The zero-order valence-corrected chi connectivity index (χ0v) is 17.0. The van der Waals surface area contributed by atoms with Crippen molar-refractivity contribution in [3.8, 4) is 0 Å². The second kappa shape index (κ2) is 9.10. The summed E-state index contributed by atoms with van der Waals surface area (Å²) >= 11 is 12.3. The van der Waals surface area contributed by atoms with Crippen molar-refractivity contribution in [3.63, 3.8) is 0 Å². The number of anilines is 2. The van der Waals surface area contributed by atoms with E-state index in [-0.39, 0.29) is 12.2 Å². The van der Waals surface area contributed by atoms with E-state index < -0.39 is 0 Å². The van der Waals surface area contributed by atoms with Crippen LogP contribution in [0.2, 0.25) is 10.0 Å². The van der Waals surface area contributed by atoms with E-state index in [1.807, 2.05) is 19.0 Å². The highest BCUT2D eigenvalue weighted by molar-refractivity contribution is 6.39. The molecule has 0 amide bonds. The quantitative estimate of drug-likeness (QED) is 0.576. The number of nitrogens with one attached hydrogen (secondary N) is 1. The minimum absolute atomic E-state index is 0.150. The zero-order chi connectivity index (χ0) is 20.1. The molecule has 6 nitrogen and oxygen atoms in total.